The molecule has 4 N–H and O–H groups in total. The molecule has 0 spiro atoms. The molecule has 2 aliphatic rings. The van der Waals surface area contributed by atoms with Gasteiger partial charge in [0.15, 0.2) is 0 Å². The lowest BCUT2D eigenvalue weighted by molar-refractivity contribution is 0.248. The SMILES string of the molecule is NC1C=CC=C(F)C1(N)C1CCCC1. The van der Waals surface area contributed by atoms with Crippen LogP contribution in [-0.4, -0.2) is 11.6 Å². The molecule has 78 valence electrons. The molecular formula is C11H17FN2. The van der Waals surface area contributed by atoms with Crippen molar-refractivity contribution >= 4 is 0 Å². The Kier molecular flexibility index (Phi) is 2.45. The van der Waals surface area contributed by atoms with Gasteiger partial charge >= 0.3 is 0 Å². The topological polar surface area (TPSA) is 52.0 Å². The Labute approximate surface area is 83.8 Å². The van der Waals surface area contributed by atoms with Gasteiger partial charge in [-0.05, 0) is 24.8 Å². The lowest BCUT2D eigenvalue weighted by Gasteiger charge is -2.39. The molecule has 0 amide bonds. The van der Waals surface area contributed by atoms with Crippen LogP contribution < -0.4 is 11.5 Å². The summed E-state index contributed by atoms with van der Waals surface area (Å²) in [5.74, 6) is -0.0434. The highest BCUT2D eigenvalue weighted by molar-refractivity contribution is 5.32. The van der Waals surface area contributed by atoms with Crippen LogP contribution in [0, 0.1) is 5.92 Å². The molecule has 0 aromatic heterocycles. The smallest absolute Gasteiger partial charge is 0.122 e. The first-order chi connectivity index (χ1) is 6.65. The highest BCUT2D eigenvalue weighted by Crippen LogP contribution is 2.40. The van der Waals surface area contributed by atoms with Gasteiger partial charge in [0.25, 0.3) is 0 Å². The minimum absolute atomic E-state index is 0.207. The predicted molar refractivity (Wildman–Crippen MR) is 55.2 cm³/mol. The number of rotatable bonds is 1. The number of hydrogen-bond acceptors (Lipinski definition) is 2. The van der Waals surface area contributed by atoms with E-state index >= 15 is 0 Å². The zero-order valence-corrected chi connectivity index (χ0v) is 8.25. The van der Waals surface area contributed by atoms with Crippen molar-refractivity contribution in [1.82, 2.24) is 0 Å². The molecule has 0 bridgehead atoms. The van der Waals surface area contributed by atoms with Crippen LogP contribution in [-0.2, 0) is 0 Å². The lowest BCUT2D eigenvalue weighted by Crippen LogP contribution is -2.60. The number of nitrogens with two attached hydrogens (primary N) is 2. The fourth-order valence-electron chi connectivity index (χ4n) is 2.59. The van der Waals surface area contributed by atoms with Crippen LogP contribution in [0.4, 0.5) is 4.39 Å². The van der Waals surface area contributed by atoms with Crippen LogP contribution >= 0.6 is 0 Å². The summed E-state index contributed by atoms with van der Waals surface area (Å²) >= 11 is 0. The van der Waals surface area contributed by atoms with Crippen LogP contribution in [0.2, 0.25) is 0 Å². The summed E-state index contributed by atoms with van der Waals surface area (Å²) in [6.45, 7) is 0. The largest absolute Gasteiger partial charge is 0.323 e. The van der Waals surface area contributed by atoms with Crippen LogP contribution in [0.1, 0.15) is 25.7 Å². The molecule has 1 saturated carbocycles. The molecule has 14 heavy (non-hydrogen) atoms. The molecule has 2 aliphatic carbocycles. The minimum Gasteiger partial charge on any atom is -0.323 e. The maximum absolute atomic E-state index is 13.7. The summed E-state index contributed by atoms with van der Waals surface area (Å²) < 4.78 is 13.7. The van der Waals surface area contributed by atoms with Crippen molar-refractivity contribution in [2.24, 2.45) is 17.4 Å². The zero-order valence-electron chi connectivity index (χ0n) is 8.25. The molecule has 0 heterocycles. The summed E-state index contributed by atoms with van der Waals surface area (Å²) in [6.07, 6.45) is 9.18. The van der Waals surface area contributed by atoms with Crippen molar-refractivity contribution < 1.29 is 4.39 Å². The van der Waals surface area contributed by atoms with Crippen molar-refractivity contribution in [1.29, 1.82) is 0 Å². The van der Waals surface area contributed by atoms with Crippen molar-refractivity contribution in [3.8, 4) is 0 Å². The Morgan fingerprint density at radius 3 is 2.57 bits per heavy atom. The molecular weight excluding hydrogens is 179 g/mol. The molecule has 0 radical (unpaired) electrons. The average molecular weight is 196 g/mol. The van der Waals surface area contributed by atoms with Gasteiger partial charge in [0, 0.05) is 6.04 Å². The standard InChI is InChI=1S/C11H17FN2/c12-9-6-3-7-10(13)11(9,14)8-4-1-2-5-8/h3,6-8,10H,1-2,4-5,13-14H2. The maximum atomic E-state index is 13.7. The Morgan fingerprint density at radius 1 is 1.36 bits per heavy atom. The highest BCUT2D eigenvalue weighted by atomic mass is 19.1. The van der Waals surface area contributed by atoms with Gasteiger partial charge in [-0.25, -0.2) is 4.39 Å². The van der Waals surface area contributed by atoms with Crippen molar-refractivity contribution in [3.05, 3.63) is 24.1 Å². The van der Waals surface area contributed by atoms with Gasteiger partial charge in [0.1, 0.15) is 5.83 Å². The predicted octanol–water partition coefficient (Wildman–Crippen LogP) is 1.62. The van der Waals surface area contributed by atoms with Gasteiger partial charge in [0.05, 0.1) is 5.54 Å². The first-order valence-electron chi connectivity index (χ1n) is 5.24. The summed E-state index contributed by atoms with van der Waals surface area (Å²) in [4.78, 5) is 0. The highest BCUT2D eigenvalue weighted by Gasteiger charge is 2.45. The Hall–Kier alpha value is -0.670. The first kappa shape index (κ1) is 9.87. The maximum Gasteiger partial charge on any atom is 0.122 e. The third-order valence-corrected chi connectivity index (χ3v) is 3.56. The molecule has 3 heteroatoms. The molecule has 2 atom stereocenters. The van der Waals surface area contributed by atoms with Crippen LogP contribution in [0.15, 0.2) is 24.1 Å². The molecule has 0 aromatic carbocycles. The van der Waals surface area contributed by atoms with Crippen molar-refractivity contribution in [3.63, 3.8) is 0 Å². The van der Waals surface area contributed by atoms with Crippen molar-refractivity contribution in [2.45, 2.75) is 37.3 Å². The number of hydrogen-bond donors (Lipinski definition) is 2. The van der Waals surface area contributed by atoms with Crippen LogP contribution in [0.5, 0.6) is 0 Å². The van der Waals surface area contributed by atoms with Gasteiger partial charge in [-0.2, -0.15) is 0 Å². The first-order valence-corrected chi connectivity index (χ1v) is 5.24. The lowest BCUT2D eigenvalue weighted by atomic mass is 9.75. The normalized spacial score (nSPS) is 38.8. The summed E-state index contributed by atoms with van der Waals surface area (Å²) in [6, 6.07) is -0.379. The second-order valence-corrected chi connectivity index (χ2v) is 4.34. The monoisotopic (exact) mass is 196 g/mol. The summed E-state index contributed by atoms with van der Waals surface area (Å²) in [7, 11) is 0. The Bertz CT molecular complexity index is 279. The molecule has 0 aromatic rings. The fraction of sp³-hybridized carbons (Fsp3) is 0.636. The van der Waals surface area contributed by atoms with E-state index in [9.17, 15) is 4.39 Å². The van der Waals surface area contributed by atoms with E-state index in [1.165, 1.54) is 6.08 Å². The average Bonchev–Trinajstić information content (AvgIpc) is 2.67. The van der Waals surface area contributed by atoms with E-state index in [0.717, 1.165) is 25.7 Å². The molecule has 2 rings (SSSR count). The summed E-state index contributed by atoms with van der Waals surface area (Å²) in [5, 5.41) is 0. The molecule has 1 fully saturated rings. The van der Waals surface area contributed by atoms with E-state index in [1.807, 2.05) is 0 Å². The van der Waals surface area contributed by atoms with Gasteiger partial charge in [-0.1, -0.05) is 25.0 Å². The van der Waals surface area contributed by atoms with Gasteiger partial charge in [-0.3, -0.25) is 0 Å². The van der Waals surface area contributed by atoms with E-state index in [2.05, 4.69) is 0 Å². The van der Waals surface area contributed by atoms with E-state index in [0.29, 0.717) is 0 Å². The number of halogens is 1. The number of allylic oxidation sites excluding steroid dienone is 2. The van der Waals surface area contributed by atoms with Crippen molar-refractivity contribution in [2.75, 3.05) is 0 Å². The molecule has 2 unspecified atom stereocenters. The van der Waals surface area contributed by atoms with E-state index < -0.39 is 5.54 Å². The molecule has 0 saturated heterocycles. The van der Waals surface area contributed by atoms with E-state index in [-0.39, 0.29) is 17.8 Å². The molecule has 0 aliphatic heterocycles. The van der Waals surface area contributed by atoms with Gasteiger partial charge < -0.3 is 11.5 Å². The van der Waals surface area contributed by atoms with Gasteiger partial charge in [0.2, 0.25) is 0 Å². The second kappa shape index (κ2) is 3.48. The zero-order chi connectivity index (χ0) is 10.2. The second-order valence-electron chi connectivity index (χ2n) is 4.34. The third-order valence-electron chi connectivity index (χ3n) is 3.56. The molecule has 2 nitrogen and oxygen atoms in total. The third kappa shape index (κ3) is 1.31. The van der Waals surface area contributed by atoms with E-state index in [1.54, 1.807) is 12.2 Å². The summed E-state index contributed by atoms with van der Waals surface area (Å²) in [5.41, 5.74) is 11.1. The quantitative estimate of drug-likeness (QED) is 0.669. The minimum atomic E-state index is -0.939. The fourth-order valence-corrected chi connectivity index (χ4v) is 2.59. The van der Waals surface area contributed by atoms with E-state index in [4.69, 9.17) is 11.5 Å². The Balaban J connectivity index is 2.27. The van der Waals surface area contributed by atoms with Gasteiger partial charge in [-0.15, -0.1) is 0 Å². The van der Waals surface area contributed by atoms with Crippen LogP contribution in [0.3, 0.4) is 0 Å². The van der Waals surface area contributed by atoms with Crippen LogP contribution in [0.25, 0.3) is 0 Å². The Morgan fingerprint density at radius 2 is 2.00 bits per heavy atom.